The molecule has 2 N–H and O–H groups in total. The van der Waals surface area contributed by atoms with E-state index < -0.39 is 6.10 Å². The van der Waals surface area contributed by atoms with E-state index in [1.807, 2.05) is 26.0 Å². The van der Waals surface area contributed by atoms with Crippen LogP contribution in [0, 0.1) is 5.82 Å². The number of benzene rings is 1. The van der Waals surface area contributed by atoms with Gasteiger partial charge in [-0.2, -0.15) is 0 Å². The minimum Gasteiger partial charge on any atom is -0.388 e. The lowest BCUT2D eigenvalue weighted by molar-refractivity contribution is 0.152. The lowest BCUT2D eigenvalue weighted by Crippen LogP contribution is -2.30. The van der Waals surface area contributed by atoms with Crippen LogP contribution in [0.15, 0.2) is 42.6 Å². The second-order valence-corrected chi connectivity index (χ2v) is 5.89. The van der Waals surface area contributed by atoms with Gasteiger partial charge < -0.3 is 10.4 Å². The number of nitrogens with zero attached hydrogens (tertiary/aromatic N) is 1. The van der Waals surface area contributed by atoms with Crippen molar-refractivity contribution in [1.29, 1.82) is 0 Å². The van der Waals surface area contributed by atoms with Gasteiger partial charge in [-0.25, -0.2) is 9.37 Å². The Morgan fingerprint density at radius 1 is 1.18 bits per heavy atom. The molecule has 0 aliphatic heterocycles. The van der Waals surface area contributed by atoms with Crippen molar-refractivity contribution < 1.29 is 9.50 Å². The van der Waals surface area contributed by atoms with E-state index in [4.69, 9.17) is 11.6 Å². The molecular formula is C17H20ClFN2O. The van der Waals surface area contributed by atoms with Crippen LogP contribution in [0.4, 0.5) is 4.39 Å². The van der Waals surface area contributed by atoms with Gasteiger partial charge in [0.1, 0.15) is 11.0 Å². The Morgan fingerprint density at radius 2 is 1.86 bits per heavy atom. The summed E-state index contributed by atoms with van der Waals surface area (Å²) < 4.78 is 12.9. The predicted molar refractivity (Wildman–Crippen MR) is 86.2 cm³/mol. The normalized spacial score (nSPS) is 15.3. The second-order valence-electron chi connectivity index (χ2n) is 5.50. The third-order valence-corrected chi connectivity index (χ3v) is 3.82. The first-order chi connectivity index (χ1) is 10.5. The van der Waals surface area contributed by atoms with Crippen LogP contribution in [0.3, 0.4) is 0 Å². The summed E-state index contributed by atoms with van der Waals surface area (Å²) in [5.41, 5.74) is 1.76. The fourth-order valence-corrected chi connectivity index (χ4v) is 2.62. The third-order valence-electron chi connectivity index (χ3n) is 3.62. The Labute approximate surface area is 135 Å². The maximum Gasteiger partial charge on any atom is 0.129 e. The molecular weight excluding hydrogens is 303 g/mol. The summed E-state index contributed by atoms with van der Waals surface area (Å²) in [6.45, 7) is 4.04. The van der Waals surface area contributed by atoms with Gasteiger partial charge in [0.05, 0.1) is 6.10 Å². The first-order valence-electron chi connectivity index (χ1n) is 7.26. The van der Waals surface area contributed by atoms with Gasteiger partial charge in [-0.05, 0) is 55.7 Å². The predicted octanol–water partition coefficient (Wildman–Crippen LogP) is 4.04. The largest absolute Gasteiger partial charge is 0.388 e. The zero-order chi connectivity index (χ0) is 16.1. The highest BCUT2D eigenvalue weighted by molar-refractivity contribution is 6.29. The zero-order valence-corrected chi connectivity index (χ0v) is 13.4. The molecule has 0 saturated carbocycles. The molecule has 5 heteroatoms. The molecule has 1 aromatic carbocycles. The molecule has 3 unspecified atom stereocenters. The number of halogens is 2. The lowest BCUT2D eigenvalue weighted by Gasteiger charge is -2.23. The molecule has 2 aromatic rings. The van der Waals surface area contributed by atoms with Crippen LogP contribution in [-0.2, 0) is 0 Å². The van der Waals surface area contributed by atoms with Crippen molar-refractivity contribution in [3.05, 3.63) is 64.7 Å². The van der Waals surface area contributed by atoms with Crippen molar-refractivity contribution in [3.63, 3.8) is 0 Å². The number of pyridine rings is 1. The molecule has 0 saturated heterocycles. The van der Waals surface area contributed by atoms with Crippen LogP contribution in [0.2, 0.25) is 5.15 Å². The molecule has 0 aliphatic rings. The Morgan fingerprint density at radius 3 is 2.50 bits per heavy atom. The Kier molecular flexibility index (Phi) is 5.89. The molecule has 0 spiro atoms. The van der Waals surface area contributed by atoms with Gasteiger partial charge in [0.2, 0.25) is 0 Å². The molecule has 1 heterocycles. The maximum atomic E-state index is 12.9. The smallest absolute Gasteiger partial charge is 0.129 e. The quantitative estimate of drug-likeness (QED) is 0.789. The van der Waals surface area contributed by atoms with Gasteiger partial charge in [0.15, 0.2) is 0 Å². The van der Waals surface area contributed by atoms with Crippen LogP contribution >= 0.6 is 11.6 Å². The zero-order valence-electron chi connectivity index (χ0n) is 12.6. The standard InChI is InChI=1S/C17H20ClFN2O/c1-11(9-16(22)13-3-5-15(19)6-4-13)21-12(2)14-7-8-20-17(18)10-14/h3-8,10-12,16,21-22H,9H2,1-2H3. The molecule has 0 bridgehead atoms. The topological polar surface area (TPSA) is 45.1 Å². The summed E-state index contributed by atoms with van der Waals surface area (Å²) in [7, 11) is 0. The fraction of sp³-hybridized carbons (Fsp3) is 0.353. The summed E-state index contributed by atoms with van der Waals surface area (Å²) in [5.74, 6) is -0.301. The van der Waals surface area contributed by atoms with Crippen molar-refractivity contribution >= 4 is 11.6 Å². The van der Waals surface area contributed by atoms with Crippen molar-refractivity contribution in [2.45, 2.75) is 38.5 Å². The van der Waals surface area contributed by atoms with Gasteiger partial charge >= 0.3 is 0 Å². The molecule has 2 rings (SSSR count). The van der Waals surface area contributed by atoms with Crippen molar-refractivity contribution in [2.24, 2.45) is 0 Å². The highest BCUT2D eigenvalue weighted by Gasteiger charge is 2.15. The number of rotatable bonds is 6. The van der Waals surface area contributed by atoms with E-state index in [0.717, 1.165) is 11.1 Å². The number of aliphatic hydroxyl groups excluding tert-OH is 1. The molecule has 118 valence electrons. The van der Waals surface area contributed by atoms with Gasteiger partial charge in [-0.3, -0.25) is 0 Å². The Hall–Kier alpha value is -1.49. The number of hydrogen-bond acceptors (Lipinski definition) is 3. The maximum absolute atomic E-state index is 12.9. The van der Waals surface area contributed by atoms with E-state index in [1.54, 1.807) is 18.3 Å². The van der Waals surface area contributed by atoms with Crippen LogP contribution in [-0.4, -0.2) is 16.1 Å². The van der Waals surface area contributed by atoms with Gasteiger partial charge in [-0.15, -0.1) is 0 Å². The SMILES string of the molecule is CC(CC(O)c1ccc(F)cc1)NC(C)c1ccnc(Cl)c1. The Bertz CT molecular complexity index is 606. The summed E-state index contributed by atoms with van der Waals surface area (Å²) in [6.07, 6.45) is 1.58. The molecule has 22 heavy (non-hydrogen) atoms. The number of nitrogens with one attached hydrogen (secondary N) is 1. The van der Waals surface area contributed by atoms with Crippen LogP contribution in [0.5, 0.6) is 0 Å². The summed E-state index contributed by atoms with van der Waals surface area (Å²) >= 11 is 5.89. The molecule has 3 nitrogen and oxygen atoms in total. The van der Waals surface area contributed by atoms with Gasteiger partial charge in [-0.1, -0.05) is 23.7 Å². The summed E-state index contributed by atoms with van der Waals surface area (Å²) in [6, 6.07) is 9.85. The van der Waals surface area contributed by atoms with Crippen LogP contribution in [0.1, 0.15) is 43.5 Å². The number of aliphatic hydroxyl groups is 1. The molecule has 0 fully saturated rings. The highest BCUT2D eigenvalue weighted by Crippen LogP contribution is 2.21. The highest BCUT2D eigenvalue weighted by atomic mass is 35.5. The number of aromatic nitrogens is 1. The minimum absolute atomic E-state index is 0.0852. The van der Waals surface area contributed by atoms with Gasteiger partial charge in [0, 0.05) is 18.3 Å². The van der Waals surface area contributed by atoms with E-state index in [0.29, 0.717) is 11.6 Å². The van der Waals surface area contributed by atoms with E-state index in [-0.39, 0.29) is 17.9 Å². The summed E-state index contributed by atoms with van der Waals surface area (Å²) in [5, 5.41) is 14.1. The monoisotopic (exact) mass is 322 g/mol. The summed E-state index contributed by atoms with van der Waals surface area (Å²) in [4.78, 5) is 3.96. The van der Waals surface area contributed by atoms with Crippen LogP contribution in [0.25, 0.3) is 0 Å². The van der Waals surface area contributed by atoms with E-state index in [2.05, 4.69) is 10.3 Å². The van der Waals surface area contributed by atoms with Gasteiger partial charge in [0.25, 0.3) is 0 Å². The van der Waals surface area contributed by atoms with E-state index >= 15 is 0 Å². The Balaban J connectivity index is 1.91. The first-order valence-corrected chi connectivity index (χ1v) is 7.64. The van der Waals surface area contributed by atoms with Crippen molar-refractivity contribution in [2.75, 3.05) is 0 Å². The van der Waals surface area contributed by atoms with Crippen molar-refractivity contribution in [1.82, 2.24) is 10.3 Å². The molecule has 3 atom stereocenters. The number of hydrogen-bond donors (Lipinski definition) is 2. The van der Waals surface area contributed by atoms with E-state index in [9.17, 15) is 9.50 Å². The van der Waals surface area contributed by atoms with Crippen LogP contribution < -0.4 is 5.32 Å². The molecule has 0 aliphatic carbocycles. The lowest BCUT2D eigenvalue weighted by atomic mass is 10.0. The third kappa shape index (κ3) is 4.77. The first kappa shape index (κ1) is 16.9. The molecule has 0 amide bonds. The van der Waals surface area contributed by atoms with Crippen molar-refractivity contribution in [3.8, 4) is 0 Å². The molecule has 1 aromatic heterocycles. The van der Waals surface area contributed by atoms with E-state index in [1.165, 1.54) is 12.1 Å². The fourth-order valence-electron chi connectivity index (χ4n) is 2.43. The second kappa shape index (κ2) is 7.68. The average Bonchev–Trinajstić information content (AvgIpc) is 2.47. The minimum atomic E-state index is -0.628. The average molecular weight is 323 g/mol. The molecule has 0 radical (unpaired) electrons.